The Morgan fingerprint density at radius 3 is 2.67 bits per heavy atom. The lowest BCUT2D eigenvalue weighted by Crippen LogP contribution is -2.13. The molecule has 3 rings (SSSR count). The van der Waals surface area contributed by atoms with Crippen LogP contribution in [-0.4, -0.2) is 16.0 Å². The number of fused-ring (bicyclic) bond motifs is 1. The minimum absolute atomic E-state index is 0.122. The van der Waals surface area contributed by atoms with Crippen LogP contribution < -0.4 is 11.1 Å². The lowest BCUT2D eigenvalue weighted by atomic mass is 10.0. The van der Waals surface area contributed by atoms with Crippen LogP contribution in [0.2, 0.25) is 0 Å². The summed E-state index contributed by atoms with van der Waals surface area (Å²) in [5.41, 5.74) is 6.22. The molecule has 0 aliphatic carbocycles. The summed E-state index contributed by atoms with van der Waals surface area (Å²) < 4.78 is 0. The number of carbonyl (C=O) groups is 1. The lowest BCUT2D eigenvalue weighted by Gasteiger charge is -2.10. The monoisotopic (exact) mass is 279 g/mol. The van der Waals surface area contributed by atoms with E-state index in [9.17, 15) is 9.90 Å². The van der Waals surface area contributed by atoms with Crippen molar-refractivity contribution in [2.45, 2.75) is 0 Å². The third-order valence-electron chi connectivity index (χ3n) is 3.21. The van der Waals surface area contributed by atoms with Crippen molar-refractivity contribution < 1.29 is 9.90 Å². The van der Waals surface area contributed by atoms with Crippen molar-refractivity contribution in [2.75, 3.05) is 11.1 Å². The largest absolute Gasteiger partial charge is 0.505 e. The topological polar surface area (TPSA) is 88.2 Å². The number of hydrogen-bond acceptors (Lipinski definition) is 4. The van der Waals surface area contributed by atoms with E-state index in [1.807, 2.05) is 18.2 Å². The molecule has 1 amide bonds. The highest BCUT2D eigenvalue weighted by atomic mass is 16.3. The second-order valence-electron chi connectivity index (χ2n) is 4.58. The molecule has 0 fully saturated rings. The summed E-state index contributed by atoms with van der Waals surface area (Å²) in [5.74, 6) is -0.264. The molecule has 0 aliphatic rings. The van der Waals surface area contributed by atoms with Gasteiger partial charge in [-0.25, -0.2) is 4.98 Å². The number of anilines is 2. The molecule has 0 aliphatic heterocycles. The summed E-state index contributed by atoms with van der Waals surface area (Å²) in [7, 11) is 0. The van der Waals surface area contributed by atoms with Gasteiger partial charge in [-0.2, -0.15) is 0 Å². The van der Waals surface area contributed by atoms with E-state index in [1.54, 1.807) is 36.5 Å². The molecule has 0 saturated carbocycles. The lowest BCUT2D eigenvalue weighted by molar-refractivity contribution is 0.102. The average Bonchev–Trinajstić information content (AvgIpc) is 2.52. The maximum absolute atomic E-state index is 12.3. The van der Waals surface area contributed by atoms with Crippen molar-refractivity contribution in [3.8, 4) is 5.75 Å². The molecule has 21 heavy (non-hydrogen) atoms. The number of nitrogen functional groups attached to an aromatic ring is 1. The first kappa shape index (κ1) is 12.9. The zero-order valence-corrected chi connectivity index (χ0v) is 11.1. The molecule has 0 bridgehead atoms. The Morgan fingerprint density at radius 2 is 1.90 bits per heavy atom. The number of rotatable bonds is 2. The fourth-order valence-corrected chi connectivity index (χ4v) is 2.16. The molecule has 4 N–H and O–H groups in total. The zero-order chi connectivity index (χ0) is 14.8. The van der Waals surface area contributed by atoms with Gasteiger partial charge in [0.05, 0.1) is 11.3 Å². The van der Waals surface area contributed by atoms with Crippen LogP contribution in [0.3, 0.4) is 0 Å². The van der Waals surface area contributed by atoms with Crippen LogP contribution in [0.15, 0.2) is 54.7 Å². The molecule has 104 valence electrons. The minimum atomic E-state index is -0.455. The fraction of sp³-hybridized carbons (Fsp3) is 0. The normalized spacial score (nSPS) is 10.5. The van der Waals surface area contributed by atoms with Crippen LogP contribution in [0.25, 0.3) is 10.8 Å². The van der Waals surface area contributed by atoms with Crippen LogP contribution in [0.1, 0.15) is 10.4 Å². The summed E-state index contributed by atoms with van der Waals surface area (Å²) in [6.07, 6.45) is 1.57. The number of phenolic OH excluding ortho intramolecular Hbond substituents is 1. The van der Waals surface area contributed by atoms with E-state index in [4.69, 9.17) is 5.73 Å². The average molecular weight is 279 g/mol. The van der Waals surface area contributed by atoms with Crippen molar-refractivity contribution in [1.29, 1.82) is 0 Å². The number of hydrogen-bond donors (Lipinski definition) is 3. The number of nitrogens with one attached hydrogen (secondary N) is 1. The van der Waals surface area contributed by atoms with E-state index < -0.39 is 5.91 Å². The Balaban J connectivity index is 2.04. The quantitative estimate of drug-likeness (QED) is 0.497. The van der Waals surface area contributed by atoms with Crippen LogP contribution in [0.5, 0.6) is 5.75 Å². The molecule has 5 heteroatoms. The smallest absolute Gasteiger partial charge is 0.260 e. The van der Waals surface area contributed by atoms with E-state index in [0.29, 0.717) is 11.2 Å². The SMILES string of the molecule is Nc1c(O)c(C(=O)Nc2ccccn2)cc2ccccc12. The number of aromatic hydroxyl groups is 1. The molecule has 0 atom stereocenters. The summed E-state index contributed by atoms with van der Waals surface area (Å²) in [6, 6.07) is 14.1. The predicted octanol–water partition coefficient (Wildman–Crippen LogP) is 2.77. The van der Waals surface area contributed by atoms with Gasteiger partial charge in [0.25, 0.3) is 5.91 Å². The van der Waals surface area contributed by atoms with Crippen LogP contribution >= 0.6 is 0 Å². The number of aromatic nitrogens is 1. The fourth-order valence-electron chi connectivity index (χ4n) is 2.16. The molecular weight excluding hydrogens is 266 g/mol. The first-order valence-corrected chi connectivity index (χ1v) is 6.39. The Hall–Kier alpha value is -3.08. The highest BCUT2D eigenvalue weighted by Gasteiger charge is 2.16. The molecule has 0 saturated heterocycles. The third kappa shape index (κ3) is 2.36. The van der Waals surface area contributed by atoms with Crippen molar-refractivity contribution in [2.24, 2.45) is 0 Å². The van der Waals surface area contributed by atoms with E-state index >= 15 is 0 Å². The number of nitrogens with two attached hydrogens (primary N) is 1. The summed E-state index contributed by atoms with van der Waals surface area (Å²) in [6.45, 7) is 0. The summed E-state index contributed by atoms with van der Waals surface area (Å²) in [4.78, 5) is 16.3. The molecule has 1 heterocycles. The van der Waals surface area contributed by atoms with Gasteiger partial charge in [0, 0.05) is 11.6 Å². The molecule has 3 aromatic rings. The Morgan fingerprint density at radius 1 is 1.14 bits per heavy atom. The van der Waals surface area contributed by atoms with Crippen molar-refractivity contribution in [3.63, 3.8) is 0 Å². The van der Waals surface area contributed by atoms with Crippen LogP contribution in [-0.2, 0) is 0 Å². The van der Waals surface area contributed by atoms with Gasteiger partial charge in [0.15, 0.2) is 5.75 Å². The first-order chi connectivity index (χ1) is 10.2. The molecule has 1 aromatic heterocycles. The molecule has 0 radical (unpaired) electrons. The Kier molecular flexibility index (Phi) is 3.16. The van der Waals surface area contributed by atoms with Gasteiger partial charge < -0.3 is 16.2 Å². The second-order valence-corrected chi connectivity index (χ2v) is 4.58. The second kappa shape index (κ2) is 5.13. The van der Waals surface area contributed by atoms with Crippen molar-refractivity contribution >= 4 is 28.2 Å². The van der Waals surface area contributed by atoms with Gasteiger partial charge in [0.1, 0.15) is 5.82 Å². The maximum Gasteiger partial charge on any atom is 0.260 e. The number of nitrogens with zero attached hydrogens (tertiary/aromatic N) is 1. The van der Waals surface area contributed by atoms with Gasteiger partial charge >= 0.3 is 0 Å². The van der Waals surface area contributed by atoms with E-state index in [1.165, 1.54) is 0 Å². The van der Waals surface area contributed by atoms with Crippen molar-refractivity contribution in [1.82, 2.24) is 4.98 Å². The third-order valence-corrected chi connectivity index (χ3v) is 3.21. The molecule has 2 aromatic carbocycles. The highest BCUT2D eigenvalue weighted by Crippen LogP contribution is 2.33. The van der Waals surface area contributed by atoms with Gasteiger partial charge in [-0.3, -0.25) is 4.79 Å². The number of amides is 1. The predicted molar refractivity (Wildman–Crippen MR) is 82.2 cm³/mol. The maximum atomic E-state index is 12.3. The number of pyridine rings is 1. The van der Waals surface area contributed by atoms with E-state index in [2.05, 4.69) is 10.3 Å². The Bertz CT molecular complexity index is 816. The molecule has 0 spiro atoms. The van der Waals surface area contributed by atoms with Gasteiger partial charge in [-0.1, -0.05) is 30.3 Å². The van der Waals surface area contributed by atoms with Crippen LogP contribution in [0, 0.1) is 0 Å². The number of phenols is 1. The van der Waals surface area contributed by atoms with Crippen molar-refractivity contribution in [3.05, 3.63) is 60.3 Å². The zero-order valence-electron chi connectivity index (χ0n) is 11.1. The highest BCUT2D eigenvalue weighted by molar-refractivity contribution is 6.11. The number of benzene rings is 2. The molecule has 5 nitrogen and oxygen atoms in total. The van der Waals surface area contributed by atoms with Crippen LogP contribution in [0.4, 0.5) is 11.5 Å². The number of carbonyl (C=O) groups excluding carboxylic acids is 1. The standard InChI is InChI=1S/C16H13N3O2/c17-14-11-6-2-1-5-10(11)9-12(15(14)20)16(21)19-13-7-3-4-8-18-13/h1-9,20H,17H2,(H,18,19,21). The van der Waals surface area contributed by atoms with E-state index in [0.717, 1.165) is 5.39 Å². The minimum Gasteiger partial charge on any atom is -0.505 e. The van der Waals surface area contributed by atoms with Gasteiger partial charge in [-0.15, -0.1) is 0 Å². The van der Waals surface area contributed by atoms with Gasteiger partial charge in [0.2, 0.25) is 0 Å². The van der Waals surface area contributed by atoms with Gasteiger partial charge in [-0.05, 0) is 23.6 Å². The summed E-state index contributed by atoms with van der Waals surface area (Å²) in [5, 5.41) is 14.3. The molecule has 0 unspecified atom stereocenters. The molecular formula is C16H13N3O2. The van der Waals surface area contributed by atoms with E-state index in [-0.39, 0.29) is 17.0 Å². The summed E-state index contributed by atoms with van der Waals surface area (Å²) >= 11 is 0. The first-order valence-electron chi connectivity index (χ1n) is 6.39. The Labute approximate surface area is 121 Å².